The van der Waals surface area contributed by atoms with Crippen LogP contribution in [0.25, 0.3) is 0 Å². The Balaban J connectivity index is 2.40. The minimum atomic E-state index is -0.425. The molecule has 0 aliphatic carbocycles. The van der Waals surface area contributed by atoms with Gasteiger partial charge in [-0.2, -0.15) is 0 Å². The maximum Gasteiger partial charge on any atom is 0.308 e. The fourth-order valence-corrected chi connectivity index (χ4v) is 2.39. The molecule has 0 aliphatic rings. The number of hydrogen-bond donors (Lipinski definition) is 1. The molecule has 0 aromatic heterocycles. The summed E-state index contributed by atoms with van der Waals surface area (Å²) in [5, 5.41) is 3.90. The summed E-state index contributed by atoms with van der Waals surface area (Å²) in [6.45, 7) is 6.13. The summed E-state index contributed by atoms with van der Waals surface area (Å²) in [5.74, 6) is -0.195. The Kier molecular flexibility index (Phi) is 5.72. The summed E-state index contributed by atoms with van der Waals surface area (Å²) in [6, 6.07) is 5.59. The number of esters is 1. The third-order valence-electron chi connectivity index (χ3n) is 2.00. The van der Waals surface area contributed by atoms with Crippen LogP contribution in [0.1, 0.15) is 27.2 Å². The summed E-state index contributed by atoms with van der Waals surface area (Å²) in [4.78, 5) is 11.5. The molecule has 0 saturated carbocycles. The van der Waals surface area contributed by atoms with E-state index in [1.165, 1.54) is 0 Å². The van der Waals surface area contributed by atoms with Gasteiger partial charge in [0, 0.05) is 20.8 Å². The van der Waals surface area contributed by atoms with Crippen molar-refractivity contribution in [3.05, 3.63) is 26.8 Å². The number of hydrogen-bond acceptors (Lipinski definition) is 3. The highest BCUT2D eigenvalue weighted by molar-refractivity contribution is 14.1. The topological polar surface area (TPSA) is 38.3 Å². The molecule has 1 aromatic rings. The zero-order valence-electron chi connectivity index (χ0n) is 10.7. The standard InChI is InChI=1S/C13H17ClINO2/c1-13(2,3)18-12(17)6-7-16-11-5-4-9(14)8-10(11)15/h4-5,8,16H,6-7H2,1-3H3. The number of rotatable bonds is 4. The minimum absolute atomic E-state index is 0.195. The van der Waals surface area contributed by atoms with Crippen molar-refractivity contribution in [1.29, 1.82) is 0 Å². The van der Waals surface area contributed by atoms with Gasteiger partial charge in [-0.05, 0) is 61.6 Å². The van der Waals surface area contributed by atoms with Gasteiger partial charge in [-0.3, -0.25) is 4.79 Å². The third kappa shape index (κ3) is 5.91. The molecule has 3 nitrogen and oxygen atoms in total. The zero-order valence-corrected chi connectivity index (χ0v) is 13.6. The first-order chi connectivity index (χ1) is 8.28. The highest BCUT2D eigenvalue weighted by Crippen LogP contribution is 2.22. The van der Waals surface area contributed by atoms with Gasteiger partial charge in [-0.15, -0.1) is 0 Å². The first-order valence-corrected chi connectivity index (χ1v) is 7.14. The van der Waals surface area contributed by atoms with E-state index in [4.69, 9.17) is 16.3 Å². The highest BCUT2D eigenvalue weighted by Gasteiger charge is 2.15. The second kappa shape index (κ2) is 6.61. The molecule has 0 heterocycles. The predicted molar refractivity (Wildman–Crippen MR) is 83.1 cm³/mol. The van der Waals surface area contributed by atoms with Crippen LogP contribution in [0.5, 0.6) is 0 Å². The number of benzene rings is 1. The van der Waals surface area contributed by atoms with Crippen molar-refractivity contribution in [2.24, 2.45) is 0 Å². The van der Waals surface area contributed by atoms with Crippen LogP contribution in [0.15, 0.2) is 18.2 Å². The second-order valence-electron chi connectivity index (χ2n) is 4.89. The largest absolute Gasteiger partial charge is 0.460 e. The monoisotopic (exact) mass is 381 g/mol. The summed E-state index contributed by atoms with van der Waals surface area (Å²) in [7, 11) is 0. The molecule has 1 aromatic carbocycles. The number of anilines is 1. The van der Waals surface area contributed by atoms with Gasteiger partial charge in [0.05, 0.1) is 6.42 Å². The molecule has 0 aliphatic heterocycles. The average Bonchev–Trinajstić information content (AvgIpc) is 2.18. The fourth-order valence-electron chi connectivity index (χ4n) is 1.32. The van der Waals surface area contributed by atoms with E-state index in [-0.39, 0.29) is 5.97 Å². The molecule has 0 amide bonds. The van der Waals surface area contributed by atoms with Gasteiger partial charge in [0.15, 0.2) is 0 Å². The van der Waals surface area contributed by atoms with Crippen LogP contribution in [0.2, 0.25) is 5.02 Å². The van der Waals surface area contributed by atoms with E-state index >= 15 is 0 Å². The van der Waals surface area contributed by atoms with Crippen molar-refractivity contribution in [2.75, 3.05) is 11.9 Å². The van der Waals surface area contributed by atoms with Gasteiger partial charge in [0.2, 0.25) is 0 Å². The number of carbonyl (C=O) groups excluding carboxylic acids is 1. The quantitative estimate of drug-likeness (QED) is 0.631. The summed E-state index contributed by atoms with van der Waals surface area (Å²) in [6.07, 6.45) is 0.343. The molecule has 100 valence electrons. The fraction of sp³-hybridized carbons (Fsp3) is 0.462. The van der Waals surface area contributed by atoms with Crippen molar-refractivity contribution in [3.63, 3.8) is 0 Å². The van der Waals surface area contributed by atoms with Crippen LogP contribution in [0.4, 0.5) is 5.69 Å². The normalized spacial score (nSPS) is 11.2. The average molecular weight is 382 g/mol. The van der Waals surface area contributed by atoms with Gasteiger partial charge >= 0.3 is 5.97 Å². The highest BCUT2D eigenvalue weighted by atomic mass is 127. The molecule has 0 bridgehead atoms. The number of halogens is 2. The van der Waals surface area contributed by atoms with Crippen LogP contribution < -0.4 is 5.32 Å². The summed E-state index contributed by atoms with van der Waals surface area (Å²) in [5.41, 5.74) is 0.551. The molecule has 1 N–H and O–H groups in total. The van der Waals surface area contributed by atoms with Gasteiger partial charge in [0.1, 0.15) is 5.60 Å². The molecule has 18 heavy (non-hydrogen) atoms. The molecular formula is C13H17ClINO2. The van der Waals surface area contributed by atoms with E-state index in [0.717, 1.165) is 9.26 Å². The smallest absolute Gasteiger partial charge is 0.308 e. The SMILES string of the molecule is CC(C)(C)OC(=O)CCNc1ccc(Cl)cc1I. The first kappa shape index (κ1) is 15.6. The molecule has 0 fully saturated rings. The van der Waals surface area contributed by atoms with E-state index in [1.807, 2.05) is 39.0 Å². The first-order valence-electron chi connectivity index (χ1n) is 5.69. The zero-order chi connectivity index (χ0) is 13.8. The van der Waals surface area contributed by atoms with Gasteiger partial charge in [-0.1, -0.05) is 11.6 Å². The van der Waals surface area contributed by atoms with E-state index in [1.54, 1.807) is 0 Å². The lowest BCUT2D eigenvalue weighted by Crippen LogP contribution is -2.25. The minimum Gasteiger partial charge on any atom is -0.460 e. The lowest BCUT2D eigenvalue weighted by Gasteiger charge is -2.19. The third-order valence-corrected chi connectivity index (χ3v) is 3.12. The number of ether oxygens (including phenoxy) is 1. The lowest BCUT2D eigenvalue weighted by molar-refractivity contribution is -0.154. The van der Waals surface area contributed by atoms with Crippen molar-refractivity contribution < 1.29 is 9.53 Å². The number of carbonyl (C=O) groups is 1. The Morgan fingerprint density at radius 1 is 1.44 bits per heavy atom. The predicted octanol–water partition coefficient (Wildman–Crippen LogP) is 4.09. The molecule has 1 rings (SSSR count). The van der Waals surface area contributed by atoms with Crippen LogP contribution >= 0.6 is 34.2 Å². The van der Waals surface area contributed by atoms with Gasteiger partial charge in [0.25, 0.3) is 0 Å². The number of nitrogens with one attached hydrogen (secondary N) is 1. The Labute approximate surface area is 126 Å². The van der Waals surface area contributed by atoms with Crippen molar-refractivity contribution in [3.8, 4) is 0 Å². The van der Waals surface area contributed by atoms with E-state index < -0.39 is 5.60 Å². The molecule has 0 unspecified atom stereocenters. The van der Waals surface area contributed by atoms with Crippen LogP contribution in [0.3, 0.4) is 0 Å². The second-order valence-corrected chi connectivity index (χ2v) is 6.49. The molecule has 0 atom stereocenters. The summed E-state index contributed by atoms with van der Waals surface area (Å²) >= 11 is 8.07. The Hall–Kier alpha value is -0.490. The Morgan fingerprint density at radius 3 is 2.67 bits per heavy atom. The molecule has 0 radical (unpaired) electrons. The molecule has 0 saturated heterocycles. The van der Waals surface area contributed by atoms with Crippen LogP contribution in [-0.2, 0) is 9.53 Å². The summed E-state index contributed by atoms with van der Waals surface area (Å²) < 4.78 is 6.25. The van der Waals surface area contributed by atoms with Gasteiger partial charge < -0.3 is 10.1 Å². The van der Waals surface area contributed by atoms with Crippen LogP contribution in [0, 0.1) is 3.57 Å². The maximum atomic E-state index is 11.5. The van der Waals surface area contributed by atoms with Crippen LogP contribution in [-0.4, -0.2) is 18.1 Å². The Morgan fingerprint density at radius 2 is 2.11 bits per heavy atom. The molecule has 5 heteroatoms. The van der Waals surface area contributed by atoms with Crippen molar-refractivity contribution in [2.45, 2.75) is 32.8 Å². The van der Waals surface area contributed by atoms with E-state index in [2.05, 4.69) is 27.9 Å². The van der Waals surface area contributed by atoms with E-state index in [0.29, 0.717) is 18.0 Å². The lowest BCUT2D eigenvalue weighted by atomic mass is 10.2. The van der Waals surface area contributed by atoms with Crippen molar-refractivity contribution >= 4 is 45.8 Å². The molecule has 0 spiro atoms. The Bertz CT molecular complexity index is 429. The molecular weight excluding hydrogens is 365 g/mol. The van der Waals surface area contributed by atoms with Crippen molar-refractivity contribution in [1.82, 2.24) is 0 Å². The van der Waals surface area contributed by atoms with Gasteiger partial charge in [-0.25, -0.2) is 0 Å². The maximum absolute atomic E-state index is 11.5. The van der Waals surface area contributed by atoms with E-state index in [9.17, 15) is 4.79 Å².